The van der Waals surface area contributed by atoms with Crippen LogP contribution in [0.5, 0.6) is 0 Å². The standard InChI is InChI=1S/C61H45NO/c1-2-15-41(16-3-1)46-17-4-5-18-48(46)49-19-6-7-20-50(49)53-22-9-12-26-57(53)62(44-33-30-42(31-34-44)47-24-14-28-59-60(47)54-23-10-13-27-58(54)63-59)45-35-36-52-51-21-8-11-25-55(51)61(56(52)38-45)39-40-29-32-43(61)37-40/h1-28,30-31,33-36,38,40,43H,29,32,37,39H2. The fourth-order valence-corrected chi connectivity index (χ4v) is 12.2. The summed E-state index contributed by atoms with van der Waals surface area (Å²) in [5.74, 6) is 1.48. The summed E-state index contributed by atoms with van der Waals surface area (Å²) >= 11 is 0. The average molecular weight is 808 g/mol. The Morgan fingerprint density at radius 1 is 0.413 bits per heavy atom. The van der Waals surface area contributed by atoms with Crippen molar-refractivity contribution in [3.8, 4) is 55.6 Å². The maximum Gasteiger partial charge on any atom is 0.136 e. The van der Waals surface area contributed by atoms with E-state index >= 15 is 0 Å². The molecule has 1 spiro atoms. The zero-order valence-corrected chi connectivity index (χ0v) is 35.0. The second-order valence-corrected chi connectivity index (χ2v) is 18.0. The van der Waals surface area contributed by atoms with E-state index in [0.717, 1.165) is 44.8 Å². The average Bonchev–Trinajstić information content (AvgIpc) is 4.14. The topological polar surface area (TPSA) is 16.4 Å². The molecule has 0 amide bonds. The van der Waals surface area contributed by atoms with Crippen LogP contribution < -0.4 is 4.90 Å². The Balaban J connectivity index is 1.01. The number of rotatable bonds is 7. The van der Waals surface area contributed by atoms with Gasteiger partial charge in [0.25, 0.3) is 0 Å². The van der Waals surface area contributed by atoms with Gasteiger partial charge in [-0.3, -0.25) is 0 Å². The van der Waals surface area contributed by atoms with Crippen molar-refractivity contribution in [2.45, 2.75) is 31.1 Å². The molecule has 3 aliphatic rings. The van der Waals surface area contributed by atoms with Crippen LogP contribution in [0.2, 0.25) is 0 Å². The number of nitrogens with zero attached hydrogens (tertiary/aromatic N) is 1. The Hall–Kier alpha value is -7.42. The summed E-state index contributed by atoms with van der Waals surface area (Å²) in [4.78, 5) is 2.52. The molecule has 2 heteroatoms. The SMILES string of the molecule is c1ccc(-c2ccccc2-c2ccccc2-c2ccccc2N(c2ccc(-c3cccc4oc5ccccc5c34)cc2)c2ccc3c(c2)C2(CC4CCC2C4)c2ccccc2-3)cc1. The van der Waals surface area contributed by atoms with Crippen LogP contribution in [-0.2, 0) is 5.41 Å². The summed E-state index contributed by atoms with van der Waals surface area (Å²) < 4.78 is 6.33. The molecular weight excluding hydrogens is 763 g/mol. The first-order chi connectivity index (χ1) is 31.2. The van der Waals surface area contributed by atoms with E-state index in [4.69, 9.17) is 4.42 Å². The molecule has 10 aromatic rings. The van der Waals surface area contributed by atoms with Gasteiger partial charge in [0.2, 0.25) is 0 Å². The molecule has 0 aliphatic heterocycles. The highest BCUT2D eigenvalue weighted by Gasteiger charge is 2.56. The van der Waals surface area contributed by atoms with Gasteiger partial charge < -0.3 is 9.32 Å². The third-order valence-corrected chi connectivity index (χ3v) is 14.8. The Bertz CT molecular complexity index is 3380. The zero-order valence-electron chi connectivity index (χ0n) is 35.0. The first-order valence-corrected chi connectivity index (χ1v) is 22.6. The van der Waals surface area contributed by atoms with E-state index in [2.05, 4.69) is 211 Å². The van der Waals surface area contributed by atoms with Crippen molar-refractivity contribution in [3.05, 3.63) is 223 Å². The lowest BCUT2D eigenvalue weighted by Gasteiger charge is -2.37. The molecule has 63 heavy (non-hydrogen) atoms. The van der Waals surface area contributed by atoms with Gasteiger partial charge in [-0.25, -0.2) is 0 Å². The third kappa shape index (κ3) is 5.57. The van der Waals surface area contributed by atoms with Crippen LogP contribution in [0.3, 0.4) is 0 Å². The van der Waals surface area contributed by atoms with E-state index in [0.29, 0.717) is 5.92 Å². The van der Waals surface area contributed by atoms with E-state index in [1.54, 1.807) is 5.56 Å². The van der Waals surface area contributed by atoms with E-state index in [1.165, 1.54) is 87.0 Å². The molecule has 13 rings (SSSR count). The summed E-state index contributed by atoms with van der Waals surface area (Å²) in [5.41, 5.74) is 20.9. The van der Waals surface area contributed by atoms with Crippen molar-refractivity contribution >= 4 is 39.0 Å². The van der Waals surface area contributed by atoms with Gasteiger partial charge in [0.1, 0.15) is 11.2 Å². The van der Waals surface area contributed by atoms with E-state index in [1.807, 2.05) is 6.07 Å². The maximum atomic E-state index is 6.33. The van der Waals surface area contributed by atoms with Crippen molar-refractivity contribution in [1.29, 1.82) is 0 Å². The summed E-state index contributed by atoms with van der Waals surface area (Å²) in [5, 5.41) is 2.30. The molecule has 1 heterocycles. The van der Waals surface area contributed by atoms with Crippen LogP contribution in [-0.4, -0.2) is 0 Å². The molecule has 9 aromatic carbocycles. The zero-order chi connectivity index (χ0) is 41.5. The molecule has 3 atom stereocenters. The highest BCUT2D eigenvalue weighted by molar-refractivity contribution is 6.12. The molecule has 0 saturated heterocycles. The van der Waals surface area contributed by atoms with Crippen LogP contribution in [0.15, 0.2) is 217 Å². The predicted octanol–water partition coefficient (Wildman–Crippen LogP) is 16.8. The smallest absolute Gasteiger partial charge is 0.136 e. The van der Waals surface area contributed by atoms with Crippen molar-refractivity contribution in [2.75, 3.05) is 4.90 Å². The number of hydrogen-bond acceptors (Lipinski definition) is 2. The Kier molecular flexibility index (Phi) is 8.24. The van der Waals surface area contributed by atoms with Crippen LogP contribution in [0, 0.1) is 11.8 Å². The van der Waals surface area contributed by atoms with Crippen molar-refractivity contribution in [1.82, 2.24) is 0 Å². The molecule has 1 aromatic heterocycles. The molecule has 0 N–H and O–H groups in total. The largest absolute Gasteiger partial charge is 0.456 e. The van der Waals surface area contributed by atoms with Gasteiger partial charge in [-0.15, -0.1) is 0 Å². The lowest BCUT2D eigenvalue weighted by atomic mass is 9.67. The fourth-order valence-electron chi connectivity index (χ4n) is 12.2. The highest BCUT2D eigenvalue weighted by Crippen LogP contribution is 2.66. The Morgan fingerprint density at radius 3 is 1.78 bits per heavy atom. The van der Waals surface area contributed by atoms with Gasteiger partial charge in [0, 0.05) is 33.1 Å². The van der Waals surface area contributed by atoms with Gasteiger partial charge in [-0.05, 0) is 135 Å². The van der Waals surface area contributed by atoms with Crippen molar-refractivity contribution < 1.29 is 4.42 Å². The third-order valence-electron chi connectivity index (χ3n) is 14.8. The number of benzene rings is 9. The van der Waals surface area contributed by atoms with Crippen molar-refractivity contribution in [2.24, 2.45) is 11.8 Å². The predicted molar refractivity (Wildman–Crippen MR) is 262 cm³/mol. The molecule has 2 nitrogen and oxygen atoms in total. The number of furan rings is 1. The lowest BCUT2D eigenvalue weighted by Crippen LogP contribution is -2.32. The normalized spacial score (nSPS) is 18.3. The quantitative estimate of drug-likeness (QED) is 0.159. The lowest BCUT2D eigenvalue weighted by molar-refractivity contribution is 0.327. The minimum absolute atomic E-state index is 0.0691. The van der Waals surface area contributed by atoms with Gasteiger partial charge in [-0.2, -0.15) is 0 Å². The molecule has 2 fully saturated rings. The number of para-hydroxylation sites is 2. The molecule has 3 unspecified atom stereocenters. The highest BCUT2D eigenvalue weighted by atomic mass is 16.3. The summed E-state index contributed by atoms with van der Waals surface area (Å²) in [7, 11) is 0. The molecule has 2 saturated carbocycles. The second kappa shape index (κ2) is 14.3. The summed E-state index contributed by atoms with van der Waals surface area (Å²) in [6.45, 7) is 0. The molecule has 300 valence electrons. The van der Waals surface area contributed by atoms with E-state index in [-0.39, 0.29) is 5.41 Å². The van der Waals surface area contributed by atoms with E-state index < -0.39 is 0 Å². The van der Waals surface area contributed by atoms with Crippen LogP contribution in [0.1, 0.15) is 36.8 Å². The van der Waals surface area contributed by atoms with E-state index in [9.17, 15) is 0 Å². The summed E-state index contributed by atoms with van der Waals surface area (Å²) in [6, 6.07) is 78.3. The fraction of sp³-hybridized carbons (Fsp3) is 0.115. The number of hydrogen-bond donors (Lipinski definition) is 0. The monoisotopic (exact) mass is 807 g/mol. The van der Waals surface area contributed by atoms with Gasteiger partial charge in [0.05, 0.1) is 5.69 Å². The second-order valence-electron chi connectivity index (χ2n) is 18.0. The van der Waals surface area contributed by atoms with Crippen molar-refractivity contribution in [3.63, 3.8) is 0 Å². The van der Waals surface area contributed by atoms with Gasteiger partial charge in [-0.1, -0.05) is 176 Å². The summed E-state index contributed by atoms with van der Waals surface area (Å²) in [6.07, 6.45) is 5.27. The first-order valence-electron chi connectivity index (χ1n) is 22.6. The molecule has 3 aliphatic carbocycles. The Morgan fingerprint density at radius 2 is 1.00 bits per heavy atom. The van der Waals surface area contributed by atoms with Gasteiger partial charge >= 0.3 is 0 Å². The van der Waals surface area contributed by atoms with Crippen LogP contribution >= 0.6 is 0 Å². The maximum absolute atomic E-state index is 6.33. The van der Waals surface area contributed by atoms with Crippen LogP contribution in [0.4, 0.5) is 17.1 Å². The Labute approximate surface area is 368 Å². The molecular formula is C61H45NO. The number of fused-ring (bicyclic) bond motifs is 11. The van der Waals surface area contributed by atoms with Gasteiger partial charge in [0.15, 0.2) is 0 Å². The first kappa shape index (κ1) is 36.3. The minimum atomic E-state index is 0.0691. The molecule has 2 bridgehead atoms. The molecule has 0 radical (unpaired) electrons. The number of anilines is 3. The minimum Gasteiger partial charge on any atom is -0.456 e. The van der Waals surface area contributed by atoms with Crippen LogP contribution in [0.25, 0.3) is 77.6 Å².